The summed E-state index contributed by atoms with van der Waals surface area (Å²) in [5, 5.41) is 22.5. The van der Waals surface area contributed by atoms with Gasteiger partial charge in [0.15, 0.2) is 15.5 Å². The number of nitrogens with one attached hydrogen (secondary N) is 3. The molecule has 2 aromatic carbocycles. The van der Waals surface area contributed by atoms with Crippen LogP contribution in [0.5, 0.6) is 0 Å². The number of aliphatic hydroxyl groups excluding tert-OH is 1. The molecule has 5 aromatic rings. The Hall–Kier alpha value is -5.70. The van der Waals surface area contributed by atoms with E-state index in [2.05, 4.69) is 40.9 Å². The molecule has 0 radical (unpaired) electrons. The molecule has 9 rings (SSSR count). The Morgan fingerprint density at radius 2 is 1.66 bits per heavy atom. The number of halogens is 7. The van der Waals surface area contributed by atoms with Gasteiger partial charge in [-0.3, -0.25) is 24.0 Å². The molecule has 4 aliphatic rings. The van der Waals surface area contributed by atoms with E-state index in [1.165, 1.54) is 28.0 Å². The Labute approximate surface area is 479 Å². The van der Waals surface area contributed by atoms with Gasteiger partial charge in [-0.15, -0.1) is 11.3 Å². The topological polar surface area (TPSA) is 205 Å². The van der Waals surface area contributed by atoms with Crippen molar-refractivity contribution >= 4 is 56.6 Å². The molecule has 16 nitrogen and oxygen atoms in total. The molecule has 82 heavy (non-hydrogen) atoms. The van der Waals surface area contributed by atoms with E-state index < -0.39 is 104 Å². The van der Waals surface area contributed by atoms with Crippen molar-refractivity contribution < 1.29 is 58.6 Å². The Balaban J connectivity index is 0.778. The molecule has 0 spiro atoms. The molecule has 6 atom stereocenters. The Bertz CT molecular complexity index is 3200. The minimum absolute atomic E-state index is 0.00727. The number of hydrogen-bond donors (Lipinski definition) is 4. The molecule has 2 saturated carbocycles. The highest BCUT2D eigenvalue weighted by atomic mass is 32.2. The van der Waals surface area contributed by atoms with Crippen molar-refractivity contribution in [2.75, 3.05) is 30.7 Å². The fourth-order valence-electron chi connectivity index (χ4n) is 11.0. The maximum Gasteiger partial charge on any atom is 0.419 e. The Morgan fingerprint density at radius 1 is 0.927 bits per heavy atom. The van der Waals surface area contributed by atoms with Crippen molar-refractivity contribution in [2.24, 2.45) is 5.92 Å². The van der Waals surface area contributed by atoms with Gasteiger partial charge in [-0.25, -0.2) is 27.8 Å². The van der Waals surface area contributed by atoms with Crippen molar-refractivity contribution in [3.05, 3.63) is 95.0 Å². The highest BCUT2D eigenvalue weighted by Crippen LogP contribution is 2.42. The van der Waals surface area contributed by atoms with Gasteiger partial charge in [-0.1, -0.05) is 42.8 Å². The van der Waals surface area contributed by atoms with Gasteiger partial charge in [0, 0.05) is 48.3 Å². The molecule has 4 N–H and O–H groups in total. The monoisotopic (exact) mass is 1200 g/mol. The van der Waals surface area contributed by atoms with Crippen LogP contribution in [0.4, 0.5) is 36.7 Å². The van der Waals surface area contributed by atoms with Gasteiger partial charge < -0.3 is 26.0 Å². The number of aliphatic hydroxyl groups is 1. The van der Waals surface area contributed by atoms with Crippen LogP contribution in [0.25, 0.3) is 21.7 Å². The molecule has 2 aliphatic carbocycles. The first-order valence-electron chi connectivity index (χ1n) is 27.4. The second-order valence-electron chi connectivity index (χ2n) is 22.7. The number of carbonyl (C=O) groups is 3. The first-order valence-corrected chi connectivity index (χ1v) is 30.9. The summed E-state index contributed by atoms with van der Waals surface area (Å²) in [6.07, 6.45) is -4.79. The number of aromatic nitrogens is 5. The van der Waals surface area contributed by atoms with Crippen molar-refractivity contribution in [2.45, 2.75) is 168 Å². The molecular formula is C56H67F7N10O6S3. The van der Waals surface area contributed by atoms with Crippen LogP contribution in [0.3, 0.4) is 0 Å². The van der Waals surface area contributed by atoms with E-state index in [1.54, 1.807) is 23.7 Å². The van der Waals surface area contributed by atoms with Gasteiger partial charge in [0.2, 0.25) is 17.8 Å². The summed E-state index contributed by atoms with van der Waals surface area (Å²) < 4.78 is 124. The van der Waals surface area contributed by atoms with Gasteiger partial charge in [-0.05, 0) is 133 Å². The number of benzene rings is 2. The summed E-state index contributed by atoms with van der Waals surface area (Å²) >= 11 is 3.02. The number of aryl methyl sites for hydroxylation is 1. The van der Waals surface area contributed by atoms with Crippen molar-refractivity contribution in [3.63, 3.8) is 0 Å². The lowest BCUT2D eigenvalue weighted by Gasteiger charge is -2.39. The maximum absolute atomic E-state index is 15.3. The lowest BCUT2D eigenvalue weighted by molar-refractivity contribution is -0.143. The minimum atomic E-state index is -4.91. The molecule has 3 amide bonds. The average Bonchev–Trinajstić information content (AvgIpc) is 3.90. The average molecular weight is 1210 g/mol. The summed E-state index contributed by atoms with van der Waals surface area (Å²) in [6.45, 7) is 7.68. The fourth-order valence-corrected chi connectivity index (χ4v) is 15.1. The van der Waals surface area contributed by atoms with E-state index in [0.29, 0.717) is 61.9 Å². The zero-order chi connectivity index (χ0) is 58.9. The van der Waals surface area contributed by atoms with E-state index in [-0.39, 0.29) is 54.6 Å². The minimum Gasteiger partial charge on any atom is -0.391 e. The molecule has 2 aliphatic heterocycles. The van der Waals surface area contributed by atoms with E-state index in [9.17, 15) is 54.3 Å². The highest BCUT2D eigenvalue weighted by Gasteiger charge is 2.54. The normalized spacial score (nSPS) is 21.8. The molecule has 2 saturated heterocycles. The standard InChI is InChI=1S/C56H67F7N10O6S3/c1-33(37-11-13-38(14-12-37)47-34(2)65-32-80-47)67-49(75)45-24-41(74)29-73(45)50(76)48(70-51(77)54(57)19-20-54)53(3,4)81-30-35-17-21-71(22-18-35)27-36-7-5-10-43(23-36)82(78,79)42-9-6-8-40(15-16-42)68-52-64-26-44(56(61,62)63)46(69-52)39-25-66-72(28-39)31-55(58,59)60/h5,7,10-14,23,25-26,28,32-33,35,40-42,45,48,74H,6,8-9,15-22,24,27,29-31H2,1-4H3,(H,67,75)(H,70,77)(H,64,68,69)/t33-,40?,41+,42?,45-,48+/m0/s1. The number of carbonyl (C=O) groups excluding carboxylic acids is 3. The van der Waals surface area contributed by atoms with Gasteiger partial charge in [0.25, 0.3) is 5.91 Å². The van der Waals surface area contributed by atoms with Crippen LogP contribution in [-0.2, 0) is 43.5 Å². The number of hydrogen-bond acceptors (Lipinski definition) is 14. The molecule has 0 bridgehead atoms. The number of sulfone groups is 1. The first kappa shape index (κ1) is 60.9. The van der Waals surface area contributed by atoms with E-state index >= 15 is 4.39 Å². The zero-order valence-corrected chi connectivity index (χ0v) is 48.2. The summed E-state index contributed by atoms with van der Waals surface area (Å²) in [4.78, 5) is 59.0. The number of β-amino-alcohol motifs (C(OH)–C–C–N with tert-alkyl or cyclic N) is 1. The second-order valence-corrected chi connectivity index (χ2v) is 27.4. The van der Waals surface area contributed by atoms with Crippen molar-refractivity contribution in [1.29, 1.82) is 0 Å². The van der Waals surface area contributed by atoms with Crippen LogP contribution in [0.1, 0.15) is 113 Å². The first-order chi connectivity index (χ1) is 38.7. The quantitative estimate of drug-likeness (QED) is 0.0450. The summed E-state index contributed by atoms with van der Waals surface area (Å²) in [5.41, 5.74) is 1.12. The highest BCUT2D eigenvalue weighted by molar-refractivity contribution is 8.00. The van der Waals surface area contributed by atoms with Crippen LogP contribution in [0.15, 0.2) is 77.5 Å². The summed E-state index contributed by atoms with van der Waals surface area (Å²) in [6, 6.07) is 11.5. The molecule has 444 valence electrons. The number of rotatable bonds is 19. The van der Waals surface area contributed by atoms with Gasteiger partial charge in [0.05, 0.1) is 50.3 Å². The smallest absolute Gasteiger partial charge is 0.391 e. The van der Waals surface area contributed by atoms with E-state index in [0.717, 1.165) is 52.5 Å². The number of nitrogens with zero attached hydrogens (tertiary/aromatic N) is 7. The zero-order valence-electron chi connectivity index (χ0n) is 45.8. The maximum atomic E-state index is 15.3. The number of piperidine rings is 1. The number of thioether (sulfide) groups is 1. The van der Waals surface area contributed by atoms with E-state index in [1.807, 2.05) is 58.0 Å². The molecule has 5 heterocycles. The molecule has 26 heteroatoms. The predicted molar refractivity (Wildman–Crippen MR) is 297 cm³/mol. The SMILES string of the molecule is Cc1ncsc1-c1ccc([C@H](C)NC(=O)[C@@H]2C[C@@H](O)CN2C(=O)[C@@H](NC(=O)C2(F)CC2)C(C)(C)SCC2CCN(Cc3cccc(S(=O)(=O)C4CCCC(Nc5ncc(C(F)(F)F)c(-c6cnn(CC(F)(F)F)c6)n5)CC4)c3)CC2)cc1. The number of likely N-dealkylation sites (tertiary alicyclic amines) is 2. The van der Waals surface area contributed by atoms with E-state index in [4.69, 9.17) is 0 Å². The Morgan fingerprint density at radius 3 is 2.33 bits per heavy atom. The number of amides is 3. The lowest BCUT2D eigenvalue weighted by atomic mass is 9.98. The van der Waals surface area contributed by atoms with Crippen LogP contribution in [0.2, 0.25) is 0 Å². The lowest BCUT2D eigenvalue weighted by Crippen LogP contribution is -2.61. The van der Waals surface area contributed by atoms with Crippen molar-refractivity contribution in [1.82, 2.24) is 45.2 Å². The number of anilines is 1. The third-order valence-corrected chi connectivity index (χ3v) is 20.9. The van der Waals surface area contributed by atoms with Gasteiger partial charge >= 0.3 is 12.4 Å². The molecular weight excluding hydrogens is 1140 g/mol. The second kappa shape index (κ2) is 24.5. The molecule has 4 fully saturated rings. The number of alkyl halides is 7. The Kier molecular flexibility index (Phi) is 18.2. The third kappa shape index (κ3) is 14.6. The van der Waals surface area contributed by atoms with Crippen LogP contribution < -0.4 is 16.0 Å². The van der Waals surface area contributed by atoms with Crippen LogP contribution >= 0.6 is 23.1 Å². The molecule has 3 aromatic heterocycles. The third-order valence-electron chi connectivity index (χ3n) is 16.0. The van der Waals surface area contributed by atoms with Gasteiger partial charge in [-0.2, -0.15) is 43.2 Å². The van der Waals surface area contributed by atoms with Crippen LogP contribution in [-0.4, -0.2) is 137 Å². The van der Waals surface area contributed by atoms with Crippen molar-refractivity contribution in [3.8, 4) is 21.7 Å². The molecule has 2 unspecified atom stereocenters. The summed E-state index contributed by atoms with van der Waals surface area (Å²) in [7, 11) is -3.82. The largest absolute Gasteiger partial charge is 0.419 e. The number of thiazole rings is 1. The fraction of sp³-hybridized carbons (Fsp3) is 0.554. The van der Waals surface area contributed by atoms with Crippen LogP contribution in [0, 0.1) is 12.8 Å². The van der Waals surface area contributed by atoms with Gasteiger partial charge in [0.1, 0.15) is 24.2 Å². The summed E-state index contributed by atoms with van der Waals surface area (Å²) in [5.74, 6) is -1.28. The predicted octanol–water partition coefficient (Wildman–Crippen LogP) is 9.49.